The molecule has 1 saturated heterocycles. The average molecular weight is 467 g/mol. The molecule has 0 radical (unpaired) electrons. The first kappa shape index (κ1) is 19.6. The summed E-state index contributed by atoms with van der Waals surface area (Å²) >= 11 is 8.77. The fraction of sp³-hybridized carbons (Fsp3) is 0.130. The van der Waals surface area contributed by atoms with E-state index in [1.165, 1.54) is 15.7 Å². The summed E-state index contributed by atoms with van der Waals surface area (Å²) in [6, 6.07) is 20.2. The molecule has 3 aromatic rings. The van der Waals surface area contributed by atoms with Crippen molar-refractivity contribution in [2.45, 2.75) is 13.5 Å². The lowest BCUT2D eigenvalue weighted by Gasteiger charge is -2.11. The number of thiocarbonyl (C=S) groups is 1. The van der Waals surface area contributed by atoms with Crippen molar-refractivity contribution < 1.29 is 9.53 Å². The lowest BCUT2D eigenvalue weighted by molar-refractivity contribution is -0.122. The highest BCUT2D eigenvalue weighted by molar-refractivity contribution is 9.10. The summed E-state index contributed by atoms with van der Waals surface area (Å²) < 4.78 is 6.88. The van der Waals surface area contributed by atoms with Crippen LogP contribution < -0.4 is 10.1 Å². The van der Waals surface area contributed by atoms with Gasteiger partial charge in [-0.05, 0) is 75.2 Å². The second-order valence-electron chi connectivity index (χ2n) is 6.65. The lowest BCUT2D eigenvalue weighted by Crippen LogP contribution is -2.30. The standard InChI is InChI=1S/C23H19BrN2O2S/c1-2-26-22(27)20(25-23(26)29)13-15-10-11-21(19(24)12-15)28-14-17-8-5-7-16-6-3-4-9-18(16)17/h3-13H,2,14H2,1H3,(H,25,29). The van der Waals surface area contributed by atoms with E-state index in [1.807, 2.05) is 43.3 Å². The summed E-state index contributed by atoms with van der Waals surface area (Å²) in [7, 11) is 0. The van der Waals surface area contributed by atoms with E-state index < -0.39 is 0 Å². The Kier molecular flexibility index (Phi) is 5.65. The van der Waals surface area contributed by atoms with Crippen molar-refractivity contribution in [3.05, 3.63) is 82.0 Å². The Morgan fingerprint density at radius 2 is 1.93 bits per heavy atom. The molecule has 0 aromatic heterocycles. The summed E-state index contributed by atoms with van der Waals surface area (Å²) in [6.07, 6.45) is 1.80. The van der Waals surface area contributed by atoms with Gasteiger partial charge in [0.1, 0.15) is 18.1 Å². The molecule has 146 valence electrons. The summed E-state index contributed by atoms with van der Waals surface area (Å²) in [4.78, 5) is 13.9. The van der Waals surface area contributed by atoms with Crippen LogP contribution in [0.15, 0.2) is 70.8 Å². The number of fused-ring (bicyclic) bond motifs is 1. The maximum absolute atomic E-state index is 12.3. The molecule has 3 aromatic carbocycles. The summed E-state index contributed by atoms with van der Waals surface area (Å²) in [6.45, 7) is 2.92. The quantitative estimate of drug-likeness (QED) is 0.411. The van der Waals surface area contributed by atoms with Crippen LogP contribution in [-0.2, 0) is 11.4 Å². The van der Waals surface area contributed by atoms with Gasteiger partial charge in [-0.1, -0.05) is 48.5 Å². The van der Waals surface area contributed by atoms with Crippen LogP contribution in [0.2, 0.25) is 0 Å². The molecule has 0 bridgehead atoms. The second kappa shape index (κ2) is 8.35. The monoisotopic (exact) mass is 466 g/mol. The zero-order valence-corrected chi connectivity index (χ0v) is 18.2. The van der Waals surface area contributed by atoms with Gasteiger partial charge >= 0.3 is 0 Å². The number of benzene rings is 3. The van der Waals surface area contributed by atoms with Crippen LogP contribution in [0.5, 0.6) is 5.75 Å². The van der Waals surface area contributed by atoms with Gasteiger partial charge in [0.2, 0.25) is 0 Å². The van der Waals surface area contributed by atoms with E-state index in [1.54, 1.807) is 6.08 Å². The SMILES string of the molecule is CCN1C(=O)C(=Cc2ccc(OCc3cccc4ccccc34)c(Br)c2)NC1=S. The molecule has 1 fully saturated rings. The van der Waals surface area contributed by atoms with E-state index >= 15 is 0 Å². The normalized spacial score (nSPS) is 15.2. The Bertz CT molecular complexity index is 1140. The van der Waals surface area contributed by atoms with Gasteiger partial charge in [-0.2, -0.15) is 0 Å². The Morgan fingerprint density at radius 1 is 1.14 bits per heavy atom. The molecular weight excluding hydrogens is 448 g/mol. The van der Waals surface area contributed by atoms with Crippen LogP contribution in [0.1, 0.15) is 18.1 Å². The smallest absolute Gasteiger partial charge is 0.276 e. The Balaban J connectivity index is 1.51. The summed E-state index contributed by atoms with van der Waals surface area (Å²) in [5.74, 6) is 0.640. The molecule has 1 heterocycles. The Labute approximate surface area is 183 Å². The van der Waals surface area contributed by atoms with Crippen LogP contribution in [0.25, 0.3) is 16.8 Å². The lowest BCUT2D eigenvalue weighted by atomic mass is 10.1. The predicted octanol–water partition coefficient (Wildman–Crippen LogP) is 5.26. The Hall–Kier alpha value is -2.70. The number of halogens is 1. The van der Waals surface area contributed by atoms with Crippen molar-refractivity contribution in [2.75, 3.05) is 6.54 Å². The van der Waals surface area contributed by atoms with Gasteiger partial charge in [0.15, 0.2) is 5.11 Å². The van der Waals surface area contributed by atoms with Crippen molar-refractivity contribution >= 4 is 56.0 Å². The van der Waals surface area contributed by atoms with Crippen molar-refractivity contribution in [1.82, 2.24) is 10.2 Å². The minimum absolute atomic E-state index is 0.107. The number of likely N-dealkylation sites (N-methyl/N-ethyl adjacent to an activating group) is 1. The highest BCUT2D eigenvalue weighted by Gasteiger charge is 2.28. The predicted molar refractivity (Wildman–Crippen MR) is 124 cm³/mol. The first-order valence-corrected chi connectivity index (χ1v) is 10.5. The maximum Gasteiger partial charge on any atom is 0.276 e. The number of carbonyl (C=O) groups excluding carboxylic acids is 1. The van der Waals surface area contributed by atoms with E-state index in [9.17, 15) is 4.79 Å². The van der Waals surface area contributed by atoms with Gasteiger partial charge in [-0.3, -0.25) is 9.69 Å². The fourth-order valence-corrected chi connectivity index (χ4v) is 4.16. The van der Waals surface area contributed by atoms with Gasteiger partial charge in [0.25, 0.3) is 5.91 Å². The zero-order valence-electron chi connectivity index (χ0n) is 15.8. The van der Waals surface area contributed by atoms with Crippen LogP contribution in [0.3, 0.4) is 0 Å². The van der Waals surface area contributed by atoms with E-state index in [2.05, 4.69) is 45.5 Å². The minimum atomic E-state index is -0.107. The number of hydrogen-bond donors (Lipinski definition) is 1. The molecule has 1 N–H and O–H groups in total. The summed E-state index contributed by atoms with van der Waals surface area (Å²) in [5.41, 5.74) is 2.49. The molecule has 1 aliphatic rings. The van der Waals surface area contributed by atoms with E-state index in [0.717, 1.165) is 21.3 Å². The van der Waals surface area contributed by atoms with E-state index in [0.29, 0.717) is 24.0 Å². The molecule has 0 aliphatic carbocycles. The van der Waals surface area contributed by atoms with Crippen molar-refractivity contribution in [1.29, 1.82) is 0 Å². The van der Waals surface area contributed by atoms with Gasteiger partial charge in [0.05, 0.1) is 4.47 Å². The molecule has 1 amide bonds. The van der Waals surface area contributed by atoms with Gasteiger partial charge in [0, 0.05) is 6.54 Å². The van der Waals surface area contributed by atoms with Crippen molar-refractivity contribution in [2.24, 2.45) is 0 Å². The molecule has 4 rings (SSSR count). The first-order chi connectivity index (χ1) is 14.1. The maximum atomic E-state index is 12.3. The number of rotatable bonds is 5. The number of ether oxygens (including phenoxy) is 1. The number of nitrogens with one attached hydrogen (secondary N) is 1. The molecule has 0 unspecified atom stereocenters. The molecule has 1 aliphatic heterocycles. The molecule has 29 heavy (non-hydrogen) atoms. The molecule has 6 heteroatoms. The fourth-order valence-electron chi connectivity index (χ4n) is 3.32. The molecule has 0 spiro atoms. The van der Waals surface area contributed by atoms with E-state index in [-0.39, 0.29) is 5.91 Å². The molecule has 0 atom stereocenters. The number of nitrogens with zero attached hydrogens (tertiary/aromatic N) is 1. The third-order valence-corrected chi connectivity index (χ3v) is 5.75. The van der Waals surface area contributed by atoms with Gasteiger partial charge < -0.3 is 10.1 Å². The minimum Gasteiger partial charge on any atom is -0.488 e. The topological polar surface area (TPSA) is 41.6 Å². The van der Waals surface area contributed by atoms with Crippen LogP contribution in [0.4, 0.5) is 0 Å². The van der Waals surface area contributed by atoms with Crippen LogP contribution >= 0.6 is 28.1 Å². The van der Waals surface area contributed by atoms with Crippen molar-refractivity contribution in [3.8, 4) is 5.75 Å². The molecule has 0 saturated carbocycles. The van der Waals surface area contributed by atoms with Gasteiger partial charge in [-0.25, -0.2) is 0 Å². The third-order valence-electron chi connectivity index (χ3n) is 4.81. The van der Waals surface area contributed by atoms with Crippen LogP contribution in [-0.4, -0.2) is 22.5 Å². The highest BCUT2D eigenvalue weighted by atomic mass is 79.9. The third kappa shape index (κ3) is 4.04. The van der Waals surface area contributed by atoms with E-state index in [4.69, 9.17) is 17.0 Å². The zero-order chi connectivity index (χ0) is 20.4. The average Bonchev–Trinajstić information content (AvgIpc) is 2.99. The van der Waals surface area contributed by atoms with Gasteiger partial charge in [-0.15, -0.1) is 0 Å². The second-order valence-corrected chi connectivity index (χ2v) is 7.90. The first-order valence-electron chi connectivity index (χ1n) is 9.30. The molecular formula is C23H19BrN2O2S. The van der Waals surface area contributed by atoms with Crippen LogP contribution in [0, 0.1) is 0 Å². The largest absolute Gasteiger partial charge is 0.488 e. The number of carbonyl (C=O) groups is 1. The highest BCUT2D eigenvalue weighted by Crippen LogP contribution is 2.29. The Morgan fingerprint density at radius 3 is 2.69 bits per heavy atom. The number of amides is 1. The number of hydrogen-bond acceptors (Lipinski definition) is 3. The summed E-state index contributed by atoms with van der Waals surface area (Å²) in [5, 5.41) is 5.80. The van der Waals surface area contributed by atoms with Crippen molar-refractivity contribution in [3.63, 3.8) is 0 Å². The molecule has 4 nitrogen and oxygen atoms in total.